The maximum Gasteiger partial charge on any atom is 0.261 e. The zero-order valence-corrected chi connectivity index (χ0v) is 18.1. The summed E-state index contributed by atoms with van der Waals surface area (Å²) in [5, 5.41) is 2.59. The molecule has 1 heterocycles. The molecule has 0 spiro atoms. The SMILES string of the molecule is CNC(=O)[C@@H](C)N(Cc1ccccc1C)C(=O)CCCN1C(=O)c2ccccc2C1=O. The number of rotatable bonds is 8. The molecule has 0 fully saturated rings. The van der Waals surface area contributed by atoms with Gasteiger partial charge in [0.25, 0.3) is 11.8 Å². The Kier molecular flexibility index (Phi) is 6.84. The van der Waals surface area contributed by atoms with Crippen molar-refractivity contribution in [2.75, 3.05) is 13.6 Å². The van der Waals surface area contributed by atoms with Gasteiger partial charge in [0.1, 0.15) is 6.04 Å². The maximum atomic E-state index is 13.0. The van der Waals surface area contributed by atoms with Gasteiger partial charge in [-0.15, -0.1) is 0 Å². The zero-order valence-electron chi connectivity index (χ0n) is 18.1. The smallest absolute Gasteiger partial charge is 0.261 e. The van der Waals surface area contributed by atoms with E-state index in [-0.39, 0.29) is 36.6 Å². The van der Waals surface area contributed by atoms with Crippen LogP contribution in [0.4, 0.5) is 0 Å². The number of imide groups is 1. The Morgan fingerprint density at radius 1 is 1.00 bits per heavy atom. The van der Waals surface area contributed by atoms with Gasteiger partial charge >= 0.3 is 0 Å². The average Bonchev–Trinajstić information content (AvgIpc) is 3.02. The second-order valence-corrected chi connectivity index (χ2v) is 7.65. The summed E-state index contributed by atoms with van der Waals surface area (Å²) < 4.78 is 0. The van der Waals surface area contributed by atoms with Crippen molar-refractivity contribution < 1.29 is 19.2 Å². The lowest BCUT2D eigenvalue weighted by atomic mass is 10.1. The first-order valence-electron chi connectivity index (χ1n) is 10.4. The Morgan fingerprint density at radius 3 is 2.16 bits per heavy atom. The predicted molar refractivity (Wildman–Crippen MR) is 116 cm³/mol. The summed E-state index contributed by atoms with van der Waals surface area (Å²) in [4.78, 5) is 53.0. The quantitative estimate of drug-likeness (QED) is 0.664. The van der Waals surface area contributed by atoms with Gasteiger partial charge in [0.15, 0.2) is 0 Å². The van der Waals surface area contributed by atoms with Gasteiger partial charge in [-0.3, -0.25) is 24.1 Å². The van der Waals surface area contributed by atoms with Crippen LogP contribution < -0.4 is 5.32 Å². The number of nitrogens with zero attached hydrogens (tertiary/aromatic N) is 2. The van der Waals surface area contributed by atoms with Crippen LogP contribution >= 0.6 is 0 Å². The summed E-state index contributed by atoms with van der Waals surface area (Å²) in [7, 11) is 1.54. The first-order chi connectivity index (χ1) is 14.8. The van der Waals surface area contributed by atoms with Gasteiger partial charge in [-0.05, 0) is 43.5 Å². The summed E-state index contributed by atoms with van der Waals surface area (Å²) >= 11 is 0. The number of benzene rings is 2. The number of carbonyl (C=O) groups excluding carboxylic acids is 4. The molecular formula is C24H27N3O4. The molecule has 7 heteroatoms. The molecular weight excluding hydrogens is 394 g/mol. The molecule has 1 N–H and O–H groups in total. The highest BCUT2D eigenvalue weighted by Gasteiger charge is 2.35. The molecule has 0 unspecified atom stereocenters. The lowest BCUT2D eigenvalue weighted by molar-refractivity contribution is -0.140. The van der Waals surface area contributed by atoms with E-state index < -0.39 is 6.04 Å². The summed E-state index contributed by atoms with van der Waals surface area (Å²) in [6.45, 7) is 4.13. The van der Waals surface area contributed by atoms with E-state index in [9.17, 15) is 19.2 Å². The maximum absolute atomic E-state index is 13.0. The topological polar surface area (TPSA) is 86.8 Å². The summed E-state index contributed by atoms with van der Waals surface area (Å²) in [5.74, 6) is -1.11. The number of hydrogen-bond acceptors (Lipinski definition) is 4. The summed E-state index contributed by atoms with van der Waals surface area (Å²) in [6, 6.07) is 13.8. The largest absolute Gasteiger partial charge is 0.357 e. The number of hydrogen-bond donors (Lipinski definition) is 1. The highest BCUT2D eigenvalue weighted by Crippen LogP contribution is 2.23. The van der Waals surface area contributed by atoms with Crippen molar-refractivity contribution in [3.63, 3.8) is 0 Å². The number of amides is 4. The van der Waals surface area contributed by atoms with Crippen LogP contribution in [0, 0.1) is 6.92 Å². The number of fused-ring (bicyclic) bond motifs is 1. The van der Waals surface area contributed by atoms with E-state index in [0.29, 0.717) is 24.1 Å². The Morgan fingerprint density at radius 2 is 1.58 bits per heavy atom. The third-order valence-corrected chi connectivity index (χ3v) is 5.67. The molecule has 1 atom stereocenters. The average molecular weight is 421 g/mol. The molecule has 1 aliphatic rings. The fourth-order valence-corrected chi connectivity index (χ4v) is 3.74. The minimum atomic E-state index is -0.642. The van der Waals surface area contributed by atoms with Crippen LogP contribution in [0.5, 0.6) is 0 Å². The van der Waals surface area contributed by atoms with Crippen molar-refractivity contribution in [2.24, 2.45) is 0 Å². The molecule has 3 rings (SSSR count). The summed E-state index contributed by atoms with van der Waals surface area (Å²) in [6.07, 6.45) is 0.454. The van der Waals surface area contributed by atoms with Crippen LogP contribution in [0.25, 0.3) is 0 Å². The molecule has 0 aliphatic carbocycles. The van der Waals surface area contributed by atoms with E-state index in [1.54, 1.807) is 36.1 Å². The molecule has 0 aromatic heterocycles. The number of aryl methyl sites for hydroxylation is 1. The zero-order chi connectivity index (χ0) is 22.5. The van der Waals surface area contributed by atoms with E-state index in [2.05, 4.69) is 5.32 Å². The van der Waals surface area contributed by atoms with Gasteiger partial charge in [-0.25, -0.2) is 0 Å². The van der Waals surface area contributed by atoms with Gasteiger partial charge < -0.3 is 10.2 Å². The Balaban J connectivity index is 1.67. The number of likely N-dealkylation sites (N-methyl/N-ethyl adjacent to an activating group) is 1. The van der Waals surface area contributed by atoms with E-state index in [1.807, 2.05) is 31.2 Å². The lowest BCUT2D eigenvalue weighted by Gasteiger charge is -2.29. The van der Waals surface area contributed by atoms with Crippen molar-refractivity contribution in [2.45, 2.75) is 39.3 Å². The van der Waals surface area contributed by atoms with Crippen LogP contribution in [-0.2, 0) is 16.1 Å². The monoisotopic (exact) mass is 421 g/mol. The van der Waals surface area contributed by atoms with Gasteiger partial charge in [0, 0.05) is 26.6 Å². The Hall–Kier alpha value is -3.48. The molecule has 1 aliphatic heterocycles. The van der Waals surface area contributed by atoms with Crippen LogP contribution in [-0.4, -0.2) is 53.1 Å². The fourth-order valence-electron chi connectivity index (χ4n) is 3.74. The highest BCUT2D eigenvalue weighted by molar-refractivity contribution is 6.21. The molecule has 0 saturated heterocycles. The summed E-state index contributed by atoms with van der Waals surface area (Å²) in [5.41, 5.74) is 2.80. The third-order valence-electron chi connectivity index (χ3n) is 5.67. The Bertz CT molecular complexity index is 982. The predicted octanol–water partition coefficient (Wildman–Crippen LogP) is 2.53. The van der Waals surface area contributed by atoms with Gasteiger partial charge in [-0.2, -0.15) is 0 Å². The van der Waals surface area contributed by atoms with E-state index >= 15 is 0 Å². The second-order valence-electron chi connectivity index (χ2n) is 7.65. The molecule has 162 valence electrons. The van der Waals surface area contributed by atoms with Crippen LogP contribution in [0.15, 0.2) is 48.5 Å². The molecule has 4 amide bonds. The van der Waals surface area contributed by atoms with E-state index in [0.717, 1.165) is 11.1 Å². The fraction of sp³-hybridized carbons (Fsp3) is 0.333. The first kappa shape index (κ1) is 22.2. The normalized spacial score (nSPS) is 13.7. The second kappa shape index (κ2) is 9.55. The van der Waals surface area contributed by atoms with Gasteiger partial charge in [0.2, 0.25) is 11.8 Å². The standard InChI is InChI=1S/C24H27N3O4/c1-16-9-4-5-10-18(16)15-27(17(2)22(29)25-3)21(28)13-8-14-26-23(30)19-11-6-7-12-20(19)24(26)31/h4-7,9-12,17H,8,13-15H2,1-3H3,(H,25,29)/t17-/m1/s1. The molecule has 0 radical (unpaired) electrons. The van der Waals surface area contributed by atoms with Gasteiger partial charge in [0.05, 0.1) is 11.1 Å². The minimum absolute atomic E-state index is 0.126. The van der Waals surface area contributed by atoms with Crippen molar-refractivity contribution in [3.8, 4) is 0 Å². The molecule has 2 aromatic carbocycles. The van der Waals surface area contributed by atoms with Crippen molar-refractivity contribution in [3.05, 3.63) is 70.8 Å². The lowest BCUT2D eigenvalue weighted by Crippen LogP contribution is -2.47. The number of carbonyl (C=O) groups is 4. The van der Waals surface area contributed by atoms with E-state index in [4.69, 9.17) is 0 Å². The molecule has 31 heavy (non-hydrogen) atoms. The molecule has 7 nitrogen and oxygen atoms in total. The highest BCUT2D eigenvalue weighted by atomic mass is 16.2. The van der Waals surface area contributed by atoms with Crippen LogP contribution in [0.1, 0.15) is 51.6 Å². The molecule has 0 bridgehead atoms. The third kappa shape index (κ3) is 4.66. The van der Waals surface area contributed by atoms with E-state index in [1.165, 1.54) is 11.9 Å². The first-order valence-corrected chi connectivity index (χ1v) is 10.4. The molecule has 0 saturated carbocycles. The van der Waals surface area contributed by atoms with Crippen LogP contribution in [0.3, 0.4) is 0 Å². The van der Waals surface area contributed by atoms with Crippen LogP contribution in [0.2, 0.25) is 0 Å². The van der Waals surface area contributed by atoms with Crippen molar-refractivity contribution >= 4 is 23.6 Å². The molecule has 2 aromatic rings. The minimum Gasteiger partial charge on any atom is -0.357 e. The number of nitrogens with one attached hydrogen (secondary N) is 1. The Labute approximate surface area is 182 Å². The van der Waals surface area contributed by atoms with Crippen molar-refractivity contribution in [1.82, 2.24) is 15.1 Å². The van der Waals surface area contributed by atoms with Crippen molar-refractivity contribution in [1.29, 1.82) is 0 Å². The van der Waals surface area contributed by atoms with Gasteiger partial charge in [-0.1, -0.05) is 36.4 Å².